The number of rotatable bonds is 4. The summed E-state index contributed by atoms with van der Waals surface area (Å²) in [6, 6.07) is 1.99. The molecule has 1 aliphatic heterocycles. The molecule has 0 spiro atoms. The summed E-state index contributed by atoms with van der Waals surface area (Å²) in [4.78, 5) is 25.1. The minimum atomic E-state index is 0.382. The predicted molar refractivity (Wildman–Crippen MR) is 93.8 cm³/mol. The Balaban J connectivity index is 1.53. The molecule has 0 aliphatic carbocycles. The Morgan fingerprint density at radius 1 is 1.29 bits per heavy atom. The van der Waals surface area contributed by atoms with E-state index in [1.165, 1.54) is 4.88 Å². The van der Waals surface area contributed by atoms with Gasteiger partial charge in [-0.25, -0.2) is 15.0 Å². The summed E-state index contributed by atoms with van der Waals surface area (Å²) >= 11 is 1.71. The minimum Gasteiger partial charge on any atom is -0.341 e. The van der Waals surface area contributed by atoms with Crippen molar-refractivity contribution in [1.29, 1.82) is 0 Å². The van der Waals surface area contributed by atoms with Gasteiger partial charge in [-0.3, -0.25) is 9.88 Å². The summed E-state index contributed by atoms with van der Waals surface area (Å²) in [5.41, 5.74) is 4.81. The molecule has 1 saturated heterocycles. The molecule has 0 saturated carbocycles. The lowest BCUT2D eigenvalue weighted by atomic mass is 10.1. The quantitative estimate of drug-likeness (QED) is 0.791. The van der Waals surface area contributed by atoms with Gasteiger partial charge in [0.25, 0.3) is 0 Å². The van der Waals surface area contributed by atoms with Crippen LogP contribution in [-0.4, -0.2) is 42.9 Å². The summed E-state index contributed by atoms with van der Waals surface area (Å²) in [6.45, 7) is 7.07. The van der Waals surface area contributed by atoms with E-state index in [0.29, 0.717) is 5.92 Å². The summed E-state index contributed by atoms with van der Waals surface area (Å²) < 4.78 is 0. The SMILES string of the molecule is Cc1cc(-c2ncc(C)[nH]2)nc([C@@H]2CCN(Cc3cncs3)C2)n1. The number of aromatic amines is 1. The number of aromatic nitrogens is 5. The summed E-state index contributed by atoms with van der Waals surface area (Å²) in [5, 5.41) is 0. The number of nitrogens with one attached hydrogen (secondary N) is 1. The largest absolute Gasteiger partial charge is 0.341 e. The van der Waals surface area contributed by atoms with Crippen molar-refractivity contribution in [3.8, 4) is 11.5 Å². The van der Waals surface area contributed by atoms with Gasteiger partial charge >= 0.3 is 0 Å². The van der Waals surface area contributed by atoms with Crippen molar-refractivity contribution in [2.24, 2.45) is 0 Å². The molecule has 0 aromatic carbocycles. The minimum absolute atomic E-state index is 0.382. The fraction of sp³-hybridized carbons (Fsp3) is 0.412. The van der Waals surface area contributed by atoms with E-state index in [9.17, 15) is 0 Å². The van der Waals surface area contributed by atoms with E-state index in [4.69, 9.17) is 9.97 Å². The van der Waals surface area contributed by atoms with Crippen LogP contribution in [0.2, 0.25) is 0 Å². The van der Waals surface area contributed by atoms with Gasteiger partial charge in [-0.1, -0.05) is 0 Å². The molecule has 3 aromatic rings. The fourth-order valence-corrected chi connectivity index (χ4v) is 3.80. The van der Waals surface area contributed by atoms with Crippen molar-refractivity contribution in [3.05, 3.63) is 46.1 Å². The van der Waals surface area contributed by atoms with Crippen LogP contribution in [-0.2, 0) is 6.54 Å². The molecule has 1 N–H and O–H groups in total. The first-order valence-corrected chi connectivity index (χ1v) is 9.02. The van der Waals surface area contributed by atoms with Crippen molar-refractivity contribution in [2.75, 3.05) is 13.1 Å². The van der Waals surface area contributed by atoms with Crippen LogP contribution >= 0.6 is 11.3 Å². The highest BCUT2D eigenvalue weighted by Crippen LogP contribution is 2.28. The van der Waals surface area contributed by atoms with Gasteiger partial charge in [0.1, 0.15) is 11.5 Å². The lowest BCUT2D eigenvalue weighted by molar-refractivity contribution is 0.328. The number of imidazole rings is 1. The lowest BCUT2D eigenvalue weighted by Gasteiger charge is -2.14. The highest BCUT2D eigenvalue weighted by Gasteiger charge is 2.27. The maximum atomic E-state index is 4.79. The molecule has 4 rings (SSSR count). The standard InChI is InChI=1S/C17H20N6S/c1-11-5-15(17-19-6-12(2)21-17)22-16(20-11)13-3-4-23(8-13)9-14-7-18-10-24-14/h5-7,10,13H,3-4,8-9H2,1-2H3,(H,19,21)/t13-/m1/s1. The average molecular weight is 340 g/mol. The first kappa shape index (κ1) is 15.4. The normalized spacial score (nSPS) is 18.3. The maximum absolute atomic E-state index is 4.79. The van der Waals surface area contributed by atoms with Gasteiger partial charge in [0.15, 0.2) is 5.82 Å². The van der Waals surface area contributed by atoms with Crippen molar-refractivity contribution in [3.63, 3.8) is 0 Å². The number of nitrogens with zero attached hydrogens (tertiary/aromatic N) is 5. The molecule has 3 aromatic heterocycles. The average Bonchev–Trinajstić information content (AvgIpc) is 3.29. The zero-order chi connectivity index (χ0) is 16.5. The molecule has 4 heterocycles. The zero-order valence-corrected chi connectivity index (χ0v) is 14.7. The Morgan fingerprint density at radius 3 is 2.96 bits per heavy atom. The van der Waals surface area contributed by atoms with Gasteiger partial charge in [-0.2, -0.15) is 0 Å². The molecule has 6 nitrogen and oxygen atoms in total. The Labute approximate surface area is 145 Å². The van der Waals surface area contributed by atoms with E-state index in [1.807, 2.05) is 37.8 Å². The number of likely N-dealkylation sites (tertiary alicyclic amines) is 1. The van der Waals surface area contributed by atoms with Crippen LogP contribution in [0.5, 0.6) is 0 Å². The summed E-state index contributed by atoms with van der Waals surface area (Å²) in [7, 11) is 0. The third-order valence-electron chi connectivity index (χ3n) is 4.32. The Bertz CT molecular complexity index is 825. The van der Waals surface area contributed by atoms with Crippen molar-refractivity contribution >= 4 is 11.3 Å². The number of aryl methyl sites for hydroxylation is 2. The van der Waals surface area contributed by atoms with Crippen LogP contribution in [0.25, 0.3) is 11.5 Å². The van der Waals surface area contributed by atoms with Crippen LogP contribution in [0.4, 0.5) is 0 Å². The fourth-order valence-electron chi connectivity index (χ4n) is 3.17. The monoisotopic (exact) mass is 340 g/mol. The third-order valence-corrected chi connectivity index (χ3v) is 5.08. The molecule has 0 radical (unpaired) electrons. The van der Waals surface area contributed by atoms with E-state index in [1.54, 1.807) is 11.3 Å². The smallest absolute Gasteiger partial charge is 0.156 e. The topological polar surface area (TPSA) is 70.6 Å². The Morgan fingerprint density at radius 2 is 2.21 bits per heavy atom. The molecule has 1 fully saturated rings. The van der Waals surface area contributed by atoms with Gasteiger partial charge in [0.2, 0.25) is 0 Å². The van der Waals surface area contributed by atoms with E-state index in [-0.39, 0.29) is 0 Å². The van der Waals surface area contributed by atoms with Gasteiger partial charge in [-0.15, -0.1) is 11.3 Å². The van der Waals surface area contributed by atoms with Crippen molar-refractivity contribution in [1.82, 2.24) is 29.8 Å². The van der Waals surface area contributed by atoms with Crippen molar-refractivity contribution < 1.29 is 0 Å². The lowest BCUT2D eigenvalue weighted by Crippen LogP contribution is -2.19. The van der Waals surface area contributed by atoms with Gasteiger partial charge in [0, 0.05) is 47.7 Å². The molecule has 0 unspecified atom stereocenters. The Hall–Kier alpha value is -2.12. The van der Waals surface area contributed by atoms with Gasteiger partial charge in [-0.05, 0) is 32.9 Å². The van der Waals surface area contributed by atoms with Crippen LogP contribution in [0.15, 0.2) is 24.0 Å². The van der Waals surface area contributed by atoms with Crippen LogP contribution in [0.1, 0.15) is 34.4 Å². The number of thiazole rings is 1. The second-order valence-corrected chi connectivity index (χ2v) is 7.33. The third kappa shape index (κ3) is 3.22. The highest BCUT2D eigenvalue weighted by molar-refractivity contribution is 7.09. The molecule has 0 bridgehead atoms. The van der Waals surface area contributed by atoms with Crippen LogP contribution < -0.4 is 0 Å². The van der Waals surface area contributed by atoms with E-state index in [2.05, 4.69) is 19.9 Å². The molecule has 24 heavy (non-hydrogen) atoms. The second-order valence-electron chi connectivity index (χ2n) is 6.36. The molecular weight excluding hydrogens is 320 g/mol. The van der Waals surface area contributed by atoms with Gasteiger partial charge in [0.05, 0.1) is 5.51 Å². The first-order chi connectivity index (χ1) is 11.7. The van der Waals surface area contributed by atoms with Crippen molar-refractivity contribution in [2.45, 2.75) is 32.7 Å². The molecule has 1 aliphatic rings. The number of hydrogen-bond donors (Lipinski definition) is 1. The maximum Gasteiger partial charge on any atom is 0.156 e. The van der Waals surface area contributed by atoms with E-state index in [0.717, 1.165) is 54.8 Å². The molecule has 1 atom stereocenters. The van der Waals surface area contributed by atoms with E-state index < -0.39 is 0 Å². The van der Waals surface area contributed by atoms with E-state index >= 15 is 0 Å². The summed E-state index contributed by atoms with van der Waals surface area (Å²) in [5.74, 6) is 2.14. The molecular formula is C17H20N6S. The van der Waals surface area contributed by atoms with Crippen LogP contribution in [0, 0.1) is 13.8 Å². The predicted octanol–water partition coefficient (Wildman–Crippen LogP) is 2.93. The summed E-state index contributed by atoms with van der Waals surface area (Å²) in [6.07, 6.45) is 4.89. The van der Waals surface area contributed by atoms with Crippen LogP contribution in [0.3, 0.4) is 0 Å². The molecule has 124 valence electrons. The molecule has 0 amide bonds. The highest BCUT2D eigenvalue weighted by atomic mass is 32.1. The second kappa shape index (κ2) is 6.41. The number of hydrogen-bond acceptors (Lipinski definition) is 6. The number of H-pyrrole nitrogens is 1. The zero-order valence-electron chi connectivity index (χ0n) is 13.9. The van der Waals surface area contributed by atoms with Gasteiger partial charge < -0.3 is 4.98 Å². The molecule has 7 heteroatoms. The Kier molecular flexibility index (Phi) is 4.12. The first-order valence-electron chi connectivity index (χ1n) is 8.14.